The van der Waals surface area contributed by atoms with Gasteiger partial charge in [-0.25, -0.2) is 8.42 Å². The molecular weight excluding hydrogens is 272 g/mol. The van der Waals surface area contributed by atoms with Gasteiger partial charge in [-0.2, -0.15) is 0 Å². The molecular formula is C16H22O3S. The lowest BCUT2D eigenvalue weighted by Gasteiger charge is -2.27. The van der Waals surface area contributed by atoms with E-state index in [4.69, 9.17) is 0 Å². The Labute approximate surface area is 121 Å². The van der Waals surface area contributed by atoms with Crippen molar-refractivity contribution in [1.29, 1.82) is 0 Å². The van der Waals surface area contributed by atoms with Gasteiger partial charge in [-0.05, 0) is 25.2 Å². The van der Waals surface area contributed by atoms with Gasteiger partial charge in [0.1, 0.15) is 9.84 Å². The number of hydrogen-bond acceptors (Lipinski definition) is 3. The summed E-state index contributed by atoms with van der Waals surface area (Å²) in [5.41, 5.74) is 0.753. The normalized spacial score (nSPS) is 23.4. The van der Waals surface area contributed by atoms with Crippen LogP contribution in [0, 0.1) is 5.92 Å². The molecule has 4 heteroatoms. The lowest BCUT2D eigenvalue weighted by atomic mass is 9.85. The van der Waals surface area contributed by atoms with Crippen molar-refractivity contribution in [1.82, 2.24) is 0 Å². The van der Waals surface area contributed by atoms with Crippen molar-refractivity contribution < 1.29 is 13.2 Å². The third kappa shape index (κ3) is 4.17. The van der Waals surface area contributed by atoms with Crippen LogP contribution in [-0.2, 0) is 9.84 Å². The lowest BCUT2D eigenvalue weighted by Crippen LogP contribution is -2.27. The smallest absolute Gasteiger partial charge is 0.162 e. The SMILES string of the molecule is CS(=O)(=O)C1CCCC(CCC(=O)c2ccccc2)C1. The van der Waals surface area contributed by atoms with E-state index in [-0.39, 0.29) is 11.0 Å². The van der Waals surface area contributed by atoms with Crippen LogP contribution in [0.1, 0.15) is 48.9 Å². The third-order valence-corrected chi connectivity index (χ3v) is 5.85. The van der Waals surface area contributed by atoms with Crippen LogP contribution >= 0.6 is 0 Å². The van der Waals surface area contributed by atoms with Gasteiger partial charge in [-0.1, -0.05) is 43.2 Å². The Morgan fingerprint density at radius 2 is 1.90 bits per heavy atom. The van der Waals surface area contributed by atoms with Crippen molar-refractivity contribution in [2.45, 2.75) is 43.8 Å². The largest absolute Gasteiger partial charge is 0.294 e. The molecule has 0 radical (unpaired) electrons. The molecule has 20 heavy (non-hydrogen) atoms. The Hall–Kier alpha value is -1.16. The molecule has 0 spiro atoms. The molecule has 2 rings (SSSR count). The first kappa shape index (κ1) is 15.2. The molecule has 1 aliphatic rings. The molecule has 0 aromatic heterocycles. The molecule has 3 nitrogen and oxygen atoms in total. The summed E-state index contributed by atoms with van der Waals surface area (Å²) in [7, 11) is -2.93. The van der Waals surface area contributed by atoms with Crippen LogP contribution in [0.3, 0.4) is 0 Å². The number of Topliss-reactive ketones (excluding diaryl/α,β-unsaturated/α-hetero) is 1. The molecule has 1 aromatic carbocycles. The molecule has 2 unspecified atom stereocenters. The molecule has 1 fully saturated rings. The first-order chi connectivity index (χ1) is 9.47. The number of ketones is 1. The standard InChI is InChI=1S/C16H22O3S/c1-20(18,19)15-9-5-6-13(12-15)10-11-16(17)14-7-3-2-4-8-14/h2-4,7-8,13,15H,5-6,9-12H2,1H3. The fourth-order valence-electron chi connectivity index (χ4n) is 3.00. The van der Waals surface area contributed by atoms with E-state index in [1.807, 2.05) is 30.3 Å². The second-order valence-electron chi connectivity index (χ2n) is 5.81. The predicted molar refractivity (Wildman–Crippen MR) is 80.6 cm³/mol. The minimum absolute atomic E-state index is 0.159. The van der Waals surface area contributed by atoms with Gasteiger partial charge >= 0.3 is 0 Å². The van der Waals surface area contributed by atoms with E-state index in [9.17, 15) is 13.2 Å². The second kappa shape index (κ2) is 6.53. The highest BCUT2D eigenvalue weighted by Crippen LogP contribution is 2.31. The predicted octanol–water partition coefficient (Wildman–Crippen LogP) is 3.25. The van der Waals surface area contributed by atoms with Crippen LogP contribution in [0.2, 0.25) is 0 Å². The van der Waals surface area contributed by atoms with E-state index < -0.39 is 9.84 Å². The highest BCUT2D eigenvalue weighted by molar-refractivity contribution is 7.91. The summed E-state index contributed by atoms with van der Waals surface area (Å²) in [4.78, 5) is 12.0. The van der Waals surface area contributed by atoms with Crippen LogP contribution in [0.25, 0.3) is 0 Å². The Bertz CT molecular complexity index is 548. The molecule has 0 saturated heterocycles. The fraction of sp³-hybridized carbons (Fsp3) is 0.562. The maximum absolute atomic E-state index is 12.0. The van der Waals surface area contributed by atoms with Gasteiger partial charge in [0.2, 0.25) is 0 Å². The average Bonchev–Trinajstić information content (AvgIpc) is 2.45. The maximum atomic E-state index is 12.0. The topological polar surface area (TPSA) is 51.2 Å². The number of carbonyl (C=O) groups excluding carboxylic acids is 1. The van der Waals surface area contributed by atoms with Crippen molar-refractivity contribution in [3.63, 3.8) is 0 Å². The molecule has 110 valence electrons. The lowest BCUT2D eigenvalue weighted by molar-refractivity contribution is 0.0970. The zero-order valence-corrected chi connectivity index (χ0v) is 12.7. The van der Waals surface area contributed by atoms with Gasteiger partial charge in [-0.15, -0.1) is 0 Å². The molecule has 1 aliphatic carbocycles. The van der Waals surface area contributed by atoms with Crippen molar-refractivity contribution in [2.75, 3.05) is 6.26 Å². The van der Waals surface area contributed by atoms with Crippen LogP contribution in [-0.4, -0.2) is 25.7 Å². The second-order valence-corrected chi connectivity index (χ2v) is 8.14. The van der Waals surface area contributed by atoms with Gasteiger partial charge in [0.25, 0.3) is 0 Å². The Balaban J connectivity index is 1.87. The van der Waals surface area contributed by atoms with Gasteiger partial charge < -0.3 is 0 Å². The minimum Gasteiger partial charge on any atom is -0.294 e. The molecule has 0 bridgehead atoms. The number of hydrogen-bond donors (Lipinski definition) is 0. The van der Waals surface area contributed by atoms with Crippen molar-refractivity contribution in [3.05, 3.63) is 35.9 Å². The molecule has 0 heterocycles. The molecule has 1 saturated carbocycles. The Kier molecular flexibility index (Phi) is 4.97. The minimum atomic E-state index is -2.93. The molecule has 0 amide bonds. The maximum Gasteiger partial charge on any atom is 0.162 e. The van der Waals surface area contributed by atoms with Crippen LogP contribution in [0.4, 0.5) is 0 Å². The third-order valence-electron chi connectivity index (χ3n) is 4.22. The van der Waals surface area contributed by atoms with E-state index >= 15 is 0 Å². The quantitative estimate of drug-likeness (QED) is 0.783. The van der Waals surface area contributed by atoms with E-state index in [1.165, 1.54) is 6.26 Å². The zero-order valence-electron chi connectivity index (χ0n) is 11.9. The average molecular weight is 294 g/mol. The van der Waals surface area contributed by atoms with Crippen molar-refractivity contribution >= 4 is 15.6 Å². The van der Waals surface area contributed by atoms with Gasteiger partial charge in [0.05, 0.1) is 5.25 Å². The number of benzene rings is 1. The van der Waals surface area contributed by atoms with Crippen molar-refractivity contribution in [3.8, 4) is 0 Å². The number of carbonyl (C=O) groups is 1. The first-order valence-electron chi connectivity index (χ1n) is 7.24. The monoisotopic (exact) mass is 294 g/mol. The fourth-order valence-corrected chi connectivity index (χ4v) is 4.21. The summed E-state index contributed by atoms with van der Waals surface area (Å²) in [6.45, 7) is 0. The molecule has 0 N–H and O–H groups in total. The summed E-state index contributed by atoms with van der Waals surface area (Å²) in [5, 5.41) is -0.201. The Morgan fingerprint density at radius 3 is 2.55 bits per heavy atom. The number of sulfone groups is 1. The van der Waals surface area contributed by atoms with Gasteiger partial charge in [-0.3, -0.25) is 4.79 Å². The molecule has 1 aromatic rings. The van der Waals surface area contributed by atoms with Crippen LogP contribution < -0.4 is 0 Å². The molecule has 0 aliphatic heterocycles. The van der Waals surface area contributed by atoms with Gasteiger partial charge in [0.15, 0.2) is 5.78 Å². The summed E-state index contributed by atoms with van der Waals surface area (Å²) in [5.74, 6) is 0.531. The van der Waals surface area contributed by atoms with Crippen LogP contribution in [0.15, 0.2) is 30.3 Å². The summed E-state index contributed by atoms with van der Waals surface area (Å²) in [6, 6.07) is 9.31. The summed E-state index contributed by atoms with van der Waals surface area (Å²) >= 11 is 0. The van der Waals surface area contributed by atoms with E-state index in [1.54, 1.807) is 0 Å². The summed E-state index contributed by atoms with van der Waals surface area (Å²) in [6.07, 6.45) is 6.17. The molecule has 2 atom stereocenters. The van der Waals surface area contributed by atoms with E-state index in [0.29, 0.717) is 12.3 Å². The van der Waals surface area contributed by atoms with Crippen molar-refractivity contribution in [2.24, 2.45) is 5.92 Å². The zero-order chi connectivity index (χ0) is 14.6. The van der Waals surface area contributed by atoms with E-state index in [0.717, 1.165) is 37.7 Å². The highest BCUT2D eigenvalue weighted by atomic mass is 32.2. The number of rotatable bonds is 5. The van der Waals surface area contributed by atoms with E-state index in [2.05, 4.69) is 0 Å². The highest BCUT2D eigenvalue weighted by Gasteiger charge is 2.28. The van der Waals surface area contributed by atoms with Gasteiger partial charge in [0, 0.05) is 18.2 Å². The summed E-state index contributed by atoms with van der Waals surface area (Å²) < 4.78 is 23.2. The first-order valence-corrected chi connectivity index (χ1v) is 9.19. The Morgan fingerprint density at radius 1 is 1.20 bits per heavy atom. The van der Waals surface area contributed by atoms with Crippen LogP contribution in [0.5, 0.6) is 0 Å².